The first-order chi connectivity index (χ1) is 9.99. The van der Waals surface area contributed by atoms with E-state index in [1.54, 1.807) is 6.07 Å². The van der Waals surface area contributed by atoms with Crippen LogP contribution in [0.1, 0.15) is 36.7 Å². The topological polar surface area (TPSA) is 24.9 Å². The molecule has 21 heavy (non-hydrogen) atoms. The van der Waals surface area contributed by atoms with Gasteiger partial charge in [-0.05, 0) is 42.2 Å². The SMILES string of the molecule is Cc1cccnc1C(NCc1ccc(Cl)cc1Cl)C(C)C. The molecule has 1 unspecified atom stereocenters. The predicted octanol–water partition coefficient (Wildman–Crippen LogP) is 5.18. The van der Waals surface area contributed by atoms with Crippen LogP contribution in [0, 0.1) is 12.8 Å². The number of hydrogen-bond acceptors (Lipinski definition) is 2. The van der Waals surface area contributed by atoms with Gasteiger partial charge < -0.3 is 5.32 Å². The van der Waals surface area contributed by atoms with Crippen molar-refractivity contribution in [3.8, 4) is 0 Å². The summed E-state index contributed by atoms with van der Waals surface area (Å²) >= 11 is 12.2. The minimum absolute atomic E-state index is 0.193. The fourth-order valence-electron chi connectivity index (χ4n) is 2.36. The second kappa shape index (κ2) is 7.26. The highest BCUT2D eigenvalue weighted by molar-refractivity contribution is 6.35. The van der Waals surface area contributed by atoms with Crippen LogP contribution in [-0.2, 0) is 6.54 Å². The Hall–Kier alpha value is -1.09. The Morgan fingerprint density at radius 2 is 1.95 bits per heavy atom. The Morgan fingerprint density at radius 1 is 1.19 bits per heavy atom. The van der Waals surface area contributed by atoms with E-state index < -0.39 is 0 Å². The fraction of sp³-hybridized carbons (Fsp3) is 0.353. The van der Waals surface area contributed by atoms with Crippen LogP contribution in [-0.4, -0.2) is 4.98 Å². The van der Waals surface area contributed by atoms with Crippen molar-refractivity contribution in [1.82, 2.24) is 10.3 Å². The summed E-state index contributed by atoms with van der Waals surface area (Å²) < 4.78 is 0. The van der Waals surface area contributed by atoms with E-state index in [4.69, 9.17) is 23.2 Å². The monoisotopic (exact) mass is 322 g/mol. The summed E-state index contributed by atoms with van der Waals surface area (Å²) in [6, 6.07) is 9.84. The first-order valence-electron chi connectivity index (χ1n) is 7.08. The van der Waals surface area contributed by atoms with Crippen molar-refractivity contribution in [2.75, 3.05) is 0 Å². The van der Waals surface area contributed by atoms with Gasteiger partial charge in [0.1, 0.15) is 0 Å². The normalized spacial score (nSPS) is 12.7. The number of rotatable bonds is 5. The molecule has 4 heteroatoms. The van der Waals surface area contributed by atoms with Gasteiger partial charge in [0.25, 0.3) is 0 Å². The summed E-state index contributed by atoms with van der Waals surface area (Å²) in [5.41, 5.74) is 3.34. The molecule has 0 aliphatic carbocycles. The van der Waals surface area contributed by atoms with Gasteiger partial charge in [-0.15, -0.1) is 0 Å². The summed E-state index contributed by atoms with van der Waals surface area (Å²) in [6.07, 6.45) is 1.84. The predicted molar refractivity (Wildman–Crippen MR) is 89.9 cm³/mol. The van der Waals surface area contributed by atoms with Gasteiger partial charge in [0, 0.05) is 22.8 Å². The summed E-state index contributed by atoms with van der Waals surface area (Å²) in [4.78, 5) is 4.53. The van der Waals surface area contributed by atoms with Crippen LogP contribution >= 0.6 is 23.2 Å². The highest BCUT2D eigenvalue weighted by Crippen LogP contribution is 2.25. The number of aryl methyl sites for hydroxylation is 1. The Kier molecular flexibility index (Phi) is 5.63. The molecule has 0 spiro atoms. The molecule has 0 saturated heterocycles. The van der Waals surface area contributed by atoms with Crippen LogP contribution in [0.25, 0.3) is 0 Å². The highest BCUT2D eigenvalue weighted by atomic mass is 35.5. The van der Waals surface area contributed by atoms with E-state index >= 15 is 0 Å². The fourth-order valence-corrected chi connectivity index (χ4v) is 2.83. The zero-order valence-electron chi connectivity index (χ0n) is 12.5. The molecule has 0 radical (unpaired) electrons. The lowest BCUT2D eigenvalue weighted by molar-refractivity contribution is 0.400. The molecule has 1 aromatic carbocycles. The third-order valence-electron chi connectivity index (χ3n) is 3.54. The quantitative estimate of drug-likeness (QED) is 0.820. The maximum absolute atomic E-state index is 6.23. The van der Waals surface area contributed by atoms with Gasteiger partial charge in [-0.1, -0.05) is 49.2 Å². The molecule has 1 aromatic heterocycles. The van der Waals surface area contributed by atoms with E-state index in [0.29, 0.717) is 22.5 Å². The van der Waals surface area contributed by atoms with E-state index in [-0.39, 0.29) is 6.04 Å². The van der Waals surface area contributed by atoms with E-state index in [1.807, 2.05) is 24.4 Å². The van der Waals surface area contributed by atoms with Gasteiger partial charge in [-0.2, -0.15) is 0 Å². The first kappa shape index (κ1) is 16.3. The van der Waals surface area contributed by atoms with Crippen LogP contribution in [0.5, 0.6) is 0 Å². The summed E-state index contributed by atoms with van der Waals surface area (Å²) in [5, 5.41) is 4.91. The summed E-state index contributed by atoms with van der Waals surface area (Å²) in [6.45, 7) is 7.16. The van der Waals surface area contributed by atoms with E-state index in [9.17, 15) is 0 Å². The van der Waals surface area contributed by atoms with Gasteiger partial charge in [-0.25, -0.2) is 0 Å². The number of benzene rings is 1. The molecule has 1 atom stereocenters. The maximum atomic E-state index is 6.23. The summed E-state index contributed by atoms with van der Waals surface area (Å²) in [5.74, 6) is 0.435. The molecule has 1 heterocycles. The number of aromatic nitrogens is 1. The number of nitrogens with one attached hydrogen (secondary N) is 1. The van der Waals surface area contributed by atoms with Crippen LogP contribution in [0.3, 0.4) is 0 Å². The summed E-state index contributed by atoms with van der Waals surface area (Å²) in [7, 11) is 0. The largest absolute Gasteiger partial charge is 0.304 e. The molecule has 0 amide bonds. The molecule has 0 fully saturated rings. The van der Waals surface area contributed by atoms with Crippen molar-refractivity contribution in [2.45, 2.75) is 33.4 Å². The van der Waals surface area contributed by atoms with Crippen molar-refractivity contribution in [1.29, 1.82) is 0 Å². The van der Waals surface area contributed by atoms with Crippen molar-refractivity contribution in [2.24, 2.45) is 5.92 Å². The molecular weight excluding hydrogens is 303 g/mol. The molecule has 2 nitrogen and oxygen atoms in total. The number of hydrogen-bond donors (Lipinski definition) is 1. The lowest BCUT2D eigenvalue weighted by atomic mass is 9.97. The number of pyridine rings is 1. The zero-order chi connectivity index (χ0) is 15.4. The Morgan fingerprint density at radius 3 is 2.57 bits per heavy atom. The van der Waals surface area contributed by atoms with E-state index in [0.717, 1.165) is 11.3 Å². The lowest BCUT2D eigenvalue weighted by Crippen LogP contribution is -2.27. The standard InChI is InChI=1S/C17H20Cl2N2/c1-11(2)16(17-12(3)5-4-8-20-17)21-10-13-6-7-14(18)9-15(13)19/h4-9,11,16,21H,10H2,1-3H3. The average Bonchev–Trinajstić information content (AvgIpc) is 2.42. The second-order valence-electron chi connectivity index (χ2n) is 5.54. The third kappa shape index (κ3) is 4.19. The van der Waals surface area contributed by atoms with Crippen molar-refractivity contribution in [3.63, 3.8) is 0 Å². The second-order valence-corrected chi connectivity index (χ2v) is 6.39. The zero-order valence-corrected chi connectivity index (χ0v) is 14.0. The Labute approximate surface area is 136 Å². The maximum Gasteiger partial charge on any atom is 0.0604 e. The van der Waals surface area contributed by atoms with Crippen LogP contribution in [0.15, 0.2) is 36.5 Å². The minimum Gasteiger partial charge on any atom is -0.304 e. The molecule has 0 saturated carbocycles. The van der Waals surface area contributed by atoms with E-state index in [2.05, 4.69) is 37.1 Å². The number of halogens is 2. The van der Waals surface area contributed by atoms with Gasteiger partial charge in [-0.3, -0.25) is 4.98 Å². The first-order valence-corrected chi connectivity index (χ1v) is 7.83. The smallest absolute Gasteiger partial charge is 0.0604 e. The van der Waals surface area contributed by atoms with E-state index in [1.165, 1.54) is 5.56 Å². The Bertz CT molecular complexity index is 611. The average molecular weight is 323 g/mol. The van der Waals surface area contributed by atoms with Crippen molar-refractivity contribution >= 4 is 23.2 Å². The van der Waals surface area contributed by atoms with Gasteiger partial charge >= 0.3 is 0 Å². The van der Waals surface area contributed by atoms with Crippen LogP contribution < -0.4 is 5.32 Å². The van der Waals surface area contributed by atoms with Gasteiger partial charge in [0.15, 0.2) is 0 Å². The number of nitrogens with zero attached hydrogens (tertiary/aromatic N) is 1. The van der Waals surface area contributed by atoms with Crippen LogP contribution in [0.2, 0.25) is 10.0 Å². The molecule has 2 aromatic rings. The minimum atomic E-state index is 0.193. The Balaban J connectivity index is 2.16. The van der Waals surface area contributed by atoms with Crippen molar-refractivity contribution in [3.05, 3.63) is 63.4 Å². The third-order valence-corrected chi connectivity index (χ3v) is 4.13. The molecule has 0 aliphatic heterocycles. The molecule has 1 N–H and O–H groups in total. The molecule has 0 aliphatic rings. The highest BCUT2D eigenvalue weighted by Gasteiger charge is 2.18. The van der Waals surface area contributed by atoms with Gasteiger partial charge in [0.05, 0.1) is 11.7 Å². The lowest BCUT2D eigenvalue weighted by Gasteiger charge is -2.24. The molecular formula is C17H20Cl2N2. The van der Waals surface area contributed by atoms with Crippen LogP contribution in [0.4, 0.5) is 0 Å². The van der Waals surface area contributed by atoms with Gasteiger partial charge in [0.2, 0.25) is 0 Å². The molecule has 2 rings (SSSR count). The van der Waals surface area contributed by atoms with Crippen molar-refractivity contribution < 1.29 is 0 Å². The molecule has 0 bridgehead atoms. The molecule has 112 valence electrons.